The smallest absolute Gasteiger partial charge is 0.368 e. The Labute approximate surface area is 101 Å². The Morgan fingerprint density at radius 2 is 1.50 bits per heavy atom. The van der Waals surface area contributed by atoms with Crippen molar-refractivity contribution in [3.63, 3.8) is 0 Å². The fraction of sp³-hybridized carbons (Fsp3) is 0.778. The quantitative estimate of drug-likeness (QED) is 0.441. The van der Waals surface area contributed by atoms with Crippen molar-refractivity contribution in [3.05, 3.63) is 0 Å². The molecule has 0 aromatic heterocycles. The topological polar surface area (TPSA) is 102 Å². The molecule has 18 heavy (non-hydrogen) atoms. The first kappa shape index (κ1) is 11.1. The molecule has 4 rings (SSSR count). The molecule has 2 bridgehead atoms. The molecule has 4 saturated heterocycles. The lowest BCUT2D eigenvalue weighted by Crippen LogP contribution is -2.46. The zero-order chi connectivity index (χ0) is 12.8. The van der Waals surface area contributed by atoms with Crippen LogP contribution in [0.25, 0.3) is 0 Å². The number of fused-ring (bicyclic) bond motifs is 8. The number of phosphoric acid groups is 1. The molecule has 8 nitrogen and oxygen atoms in total. The van der Waals surface area contributed by atoms with E-state index in [4.69, 9.17) is 13.8 Å². The van der Waals surface area contributed by atoms with Gasteiger partial charge < -0.3 is 9.63 Å². The van der Waals surface area contributed by atoms with Crippen molar-refractivity contribution in [1.29, 1.82) is 0 Å². The Kier molecular flexibility index (Phi) is 1.86. The van der Waals surface area contributed by atoms with E-state index in [2.05, 4.69) is 0 Å². The van der Waals surface area contributed by atoms with E-state index in [1.54, 1.807) is 0 Å². The summed E-state index contributed by atoms with van der Waals surface area (Å²) in [4.78, 5) is 34.2. The molecular weight excluding hydrogens is 265 g/mol. The highest BCUT2D eigenvalue weighted by atomic mass is 31.2. The van der Waals surface area contributed by atoms with Gasteiger partial charge in [0.1, 0.15) is 12.2 Å². The zero-order valence-corrected chi connectivity index (χ0v) is 10.1. The summed E-state index contributed by atoms with van der Waals surface area (Å²) in [6.45, 7) is 0. The fourth-order valence-corrected chi connectivity index (χ4v) is 4.56. The van der Waals surface area contributed by atoms with E-state index < -0.39 is 44.1 Å². The molecule has 1 N–H and O–H groups in total. The van der Waals surface area contributed by atoms with Gasteiger partial charge in [-0.15, -0.1) is 0 Å². The summed E-state index contributed by atoms with van der Waals surface area (Å²) in [5, 5.41) is 0. The van der Waals surface area contributed by atoms with Crippen molar-refractivity contribution in [3.8, 4) is 0 Å². The third kappa shape index (κ3) is 1.08. The predicted octanol–water partition coefficient (Wildman–Crippen LogP) is -1.12. The van der Waals surface area contributed by atoms with Gasteiger partial charge in [-0.3, -0.25) is 23.5 Å². The van der Waals surface area contributed by atoms with E-state index in [1.165, 1.54) is 7.05 Å². The molecule has 9 heteroatoms. The Morgan fingerprint density at radius 1 is 1.06 bits per heavy atom. The number of phosphoric ester groups is 1. The SMILES string of the molecule is CN1C(=O)C2C3OC(C4OP(=O)(O)OC43)C2C1=O. The van der Waals surface area contributed by atoms with Crippen LogP contribution in [0.3, 0.4) is 0 Å². The Hall–Kier alpha value is -0.790. The van der Waals surface area contributed by atoms with Gasteiger partial charge >= 0.3 is 7.82 Å². The average molecular weight is 275 g/mol. The van der Waals surface area contributed by atoms with Crippen LogP contribution >= 0.6 is 7.82 Å². The molecule has 0 aliphatic carbocycles. The van der Waals surface area contributed by atoms with Gasteiger partial charge in [-0.05, 0) is 0 Å². The van der Waals surface area contributed by atoms with Crippen LogP contribution in [-0.2, 0) is 27.9 Å². The van der Waals surface area contributed by atoms with Crippen LogP contribution in [0.1, 0.15) is 0 Å². The molecule has 0 aromatic rings. The van der Waals surface area contributed by atoms with E-state index in [0.717, 1.165) is 4.90 Å². The van der Waals surface area contributed by atoms with Crippen molar-refractivity contribution in [2.45, 2.75) is 24.4 Å². The first-order valence-corrected chi connectivity index (χ1v) is 7.07. The first-order chi connectivity index (χ1) is 8.41. The number of amides is 2. The maximum absolute atomic E-state index is 11.9. The van der Waals surface area contributed by atoms with E-state index in [9.17, 15) is 19.0 Å². The largest absolute Gasteiger partial charge is 0.473 e. The highest BCUT2D eigenvalue weighted by molar-refractivity contribution is 7.47. The van der Waals surface area contributed by atoms with E-state index in [-0.39, 0.29) is 11.8 Å². The maximum Gasteiger partial charge on any atom is 0.473 e. The summed E-state index contributed by atoms with van der Waals surface area (Å²) in [5.41, 5.74) is 0. The summed E-state index contributed by atoms with van der Waals surface area (Å²) < 4.78 is 26.7. The third-order valence-corrected chi connectivity index (χ3v) is 5.14. The van der Waals surface area contributed by atoms with Gasteiger partial charge in [0.15, 0.2) is 0 Å². The van der Waals surface area contributed by atoms with Crippen LogP contribution in [0.5, 0.6) is 0 Å². The van der Waals surface area contributed by atoms with Crippen LogP contribution in [-0.4, -0.2) is 53.1 Å². The second-order valence-corrected chi connectivity index (χ2v) is 6.32. The lowest BCUT2D eigenvalue weighted by molar-refractivity contribution is -0.141. The van der Waals surface area contributed by atoms with Crippen LogP contribution in [0, 0.1) is 11.8 Å². The van der Waals surface area contributed by atoms with E-state index in [0.29, 0.717) is 0 Å². The number of hydrogen-bond acceptors (Lipinski definition) is 6. The highest BCUT2D eigenvalue weighted by Gasteiger charge is 2.73. The first-order valence-electron chi connectivity index (χ1n) is 5.57. The summed E-state index contributed by atoms with van der Waals surface area (Å²) in [6, 6.07) is 0. The van der Waals surface area contributed by atoms with Crippen molar-refractivity contribution in [2.24, 2.45) is 11.8 Å². The molecule has 6 atom stereocenters. The van der Waals surface area contributed by atoms with Gasteiger partial charge in [-0.1, -0.05) is 0 Å². The van der Waals surface area contributed by atoms with Gasteiger partial charge in [-0.2, -0.15) is 0 Å². The molecule has 0 spiro atoms. The summed E-state index contributed by atoms with van der Waals surface area (Å²) in [5.74, 6) is -1.87. The molecule has 2 amide bonds. The van der Waals surface area contributed by atoms with Gasteiger partial charge in [-0.25, -0.2) is 4.57 Å². The van der Waals surface area contributed by atoms with Gasteiger partial charge in [0.05, 0.1) is 24.0 Å². The Balaban J connectivity index is 1.75. The number of likely N-dealkylation sites (tertiary alicyclic amines) is 1. The number of hydrogen-bond donors (Lipinski definition) is 1. The van der Waals surface area contributed by atoms with E-state index >= 15 is 0 Å². The van der Waals surface area contributed by atoms with Crippen LogP contribution < -0.4 is 0 Å². The van der Waals surface area contributed by atoms with Gasteiger partial charge in [0.2, 0.25) is 11.8 Å². The number of nitrogens with zero attached hydrogens (tertiary/aromatic N) is 1. The molecule has 4 fully saturated rings. The lowest BCUT2D eigenvalue weighted by Gasteiger charge is -2.23. The monoisotopic (exact) mass is 275 g/mol. The van der Waals surface area contributed by atoms with Crippen LogP contribution in [0.4, 0.5) is 0 Å². The molecule has 98 valence electrons. The lowest BCUT2D eigenvalue weighted by atomic mass is 9.78. The second kappa shape index (κ2) is 3.02. The van der Waals surface area contributed by atoms with Crippen molar-refractivity contribution >= 4 is 19.6 Å². The number of carbonyl (C=O) groups is 2. The second-order valence-electron chi connectivity index (χ2n) is 4.96. The normalized spacial score (nSPS) is 57.3. The van der Waals surface area contributed by atoms with Crippen molar-refractivity contribution in [2.75, 3.05) is 7.05 Å². The number of rotatable bonds is 0. The molecule has 4 aliphatic heterocycles. The Morgan fingerprint density at radius 3 is 1.94 bits per heavy atom. The van der Waals surface area contributed by atoms with Crippen LogP contribution in [0.2, 0.25) is 0 Å². The summed E-state index contributed by atoms with van der Waals surface area (Å²) in [6.07, 6.45) is -2.82. The summed E-state index contributed by atoms with van der Waals surface area (Å²) >= 11 is 0. The molecule has 6 unspecified atom stereocenters. The van der Waals surface area contributed by atoms with Gasteiger partial charge in [0.25, 0.3) is 0 Å². The molecule has 0 aromatic carbocycles. The van der Waals surface area contributed by atoms with E-state index in [1.807, 2.05) is 0 Å². The number of imide groups is 1. The number of carbonyl (C=O) groups excluding carboxylic acids is 2. The maximum atomic E-state index is 11.9. The minimum Gasteiger partial charge on any atom is -0.368 e. The molecule has 4 heterocycles. The van der Waals surface area contributed by atoms with Crippen molar-refractivity contribution in [1.82, 2.24) is 4.90 Å². The Bertz CT molecular complexity index is 481. The van der Waals surface area contributed by atoms with Crippen LogP contribution in [0.15, 0.2) is 0 Å². The minimum atomic E-state index is -4.07. The third-order valence-electron chi connectivity index (χ3n) is 4.12. The molecule has 0 saturated carbocycles. The average Bonchev–Trinajstić information content (AvgIpc) is 2.94. The standard InChI is InChI=1S/C9H10NO7P/c1-10-8(11)2-3(9(10)12)5-7-6(4(2)15-5)16-18(13,14)17-7/h2-7H,1H3,(H,13,14). The molecule has 4 aliphatic rings. The number of ether oxygens (including phenoxy) is 1. The van der Waals surface area contributed by atoms with Gasteiger partial charge in [0, 0.05) is 7.05 Å². The predicted molar refractivity (Wildman–Crippen MR) is 53.0 cm³/mol. The minimum absolute atomic E-state index is 0.320. The summed E-state index contributed by atoms with van der Waals surface area (Å²) in [7, 11) is -2.64. The van der Waals surface area contributed by atoms with Crippen molar-refractivity contribution < 1.29 is 32.8 Å². The fourth-order valence-electron chi connectivity index (χ4n) is 3.41. The molecule has 0 radical (unpaired) electrons. The zero-order valence-electron chi connectivity index (χ0n) is 9.26. The highest BCUT2D eigenvalue weighted by Crippen LogP contribution is 2.62. The molecular formula is C9H10NO7P.